The number of carboxylic acid groups (broad SMARTS) is 2. The highest BCUT2D eigenvalue weighted by atomic mass is 16.4. The molecule has 1 aromatic heterocycles. The average Bonchev–Trinajstić information content (AvgIpc) is 3.26. The SMILES string of the molecule is CC(C)C(N)C(=O)NC(Cc1c[nH]c2ccccc12)C(=O)NC(CCC(=O)O)C(=O)NC(CO)C(=O)O. The molecule has 0 aliphatic rings. The first-order chi connectivity index (χ1) is 17.4. The highest BCUT2D eigenvalue weighted by molar-refractivity contribution is 5.95. The maximum atomic E-state index is 13.3. The zero-order chi connectivity index (χ0) is 27.7. The summed E-state index contributed by atoms with van der Waals surface area (Å²) in [6, 6.07) is 2.12. The Bertz CT molecular complexity index is 1130. The van der Waals surface area contributed by atoms with E-state index in [-0.39, 0.29) is 18.8 Å². The normalized spacial score (nSPS) is 14.4. The second-order valence-electron chi connectivity index (χ2n) is 8.97. The molecule has 4 unspecified atom stereocenters. The van der Waals surface area contributed by atoms with Crippen molar-refractivity contribution in [1.29, 1.82) is 0 Å². The van der Waals surface area contributed by atoms with E-state index < -0.39 is 66.9 Å². The number of H-pyrrole nitrogens is 1. The molecule has 0 saturated heterocycles. The van der Waals surface area contributed by atoms with Gasteiger partial charge in [0.1, 0.15) is 18.1 Å². The molecule has 4 atom stereocenters. The Morgan fingerprint density at radius 2 is 1.51 bits per heavy atom. The molecule has 0 bridgehead atoms. The molecule has 13 nitrogen and oxygen atoms in total. The summed E-state index contributed by atoms with van der Waals surface area (Å²) in [5, 5.41) is 35.3. The van der Waals surface area contributed by atoms with Crippen LogP contribution in [0.2, 0.25) is 0 Å². The quantitative estimate of drug-likeness (QED) is 0.154. The first-order valence-electron chi connectivity index (χ1n) is 11.7. The molecule has 3 amide bonds. The van der Waals surface area contributed by atoms with Crippen LogP contribution in [0.15, 0.2) is 30.5 Å². The number of nitrogens with one attached hydrogen (secondary N) is 4. The number of nitrogens with two attached hydrogens (primary N) is 1. The van der Waals surface area contributed by atoms with E-state index in [4.69, 9.17) is 15.9 Å². The Labute approximate surface area is 212 Å². The molecule has 0 spiro atoms. The summed E-state index contributed by atoms with van der Waals surface area (Å²) in [5.41, 5.74) is 7.45. The van der Waals surface area contributed by atoms with Crippen molar-refractivity contribution in [3.05, 3.63) is 36.0 Å². The molecule has 202 valence electrons. The highest BCUT2D eigenvalue weighted by Gasteiger charge is 2.31. The number of fused-ring (bicyclic) bond motifs is 1. The molecule has 37 heavy (non-hydrogen) atoms. The van der Waals surface area contributed by atoms with Crippen LogP contribution in [0.4, 0.5) is 0 Å². The molecule has 2 aromatic rings. The molecule has 0 aliphatic heterocycles. The maximum absolute atomic E-state index is 13.3. The number of aliphatic carboxylic acids is 2. The van der Waals surface area contributed by atoms with Gasteiger partial charge < -0.3 is 42.0 Å². The number of carbonyl (C=O) groups is 5. The van der Waals surface area contributed by atoms with Gasteiger partial charge in [-0.15, -0.1) is 0 Å². The Morgan fingerprint density at radius 1 is 0.919 bits per heavy atom. The molecule has 0 fully saturated rings. The summed E-state index contributed by atoms with van der Waals surface area (Å²) >= 11 is 0. The van der Waals surface area contributed by atoms with Crippen LogP contribution in [0.1, 0.15) is 32.3 Å². The van der Waals surface area contributed by atoms with Gasteiger partial charge in [-0.2, -0.15) is 0 Å². The minimum atomic E-state index is -1.65. The van der Waals surface area contributed by atoms with Gasteiger partial charge in [0.15, 0.2) is 0 Å². The Morgan fingerprint density at radius 3 is 2.11 bits per heavy atom. The van der Waals surface area contributed by atoms with Crippen molar-refractivity contribution >= 4 is 40.6 Å². The Balaban J connectivity index is 2.31. The first-order valence-corrected chi connectivity index (χ1v) is 11.7. The topological polar surface area (TPSA) is 224 Å². The van der Waals surface area contributed by atoms with Crippen LogP contribution >= 0.6 is 0 Å². The van der Waals surface area contributed by atoms with Crippen LogP contribution in [0.3, 0.4) is 0 Å². The second kappa shape index (κ2) is 13.4. The molecule has 1 heterocycles. The molecule has 13 heteroatoms. The third kappa shape index (κ3) is 8.29. The lowest BCUT2D eigenvalue weighted by Crippen LogP contribution is -2.58. The molecule has 1 aromatic carbocycles. The smallest absolute Gasteiger partial charge is 0.328 e. The summed E-state index contributed by atoms with van der Waals surface area (Å²) in [6.07, 6.45) is 0.845. The van der Waals surface area contributed by atoms with Crippen LogP contribution in [-0.4, -0.2) is 80.7 Å². The lowest BCUT2D eigenvalue weighted by atomic mass is 10.0. The third-order valence-electron chi connectivity index (χ3n) is 5.83. The van der Waals surface area contributed by atoms with Gasteiger partial charge in [0.05, 0.1) is 12.6 Å². The van der Waals surface area contributed by atoms with Crippen molar-refractivity contribution in [2.45, 2.75) is 57.3 Å². The number of aliphatic hydroxyl groups is 1. The van der Waals surface area contributed by atoms with Gasteiger partial charge in [0.2, 0.25) is 17.7 Å². The van der Waals surface area contributed by atoms with E-state index >= 15 is 0 Å². The number of hydrogen-bond acceptors (Lipinski definition) is 7. The van der Waals surface area contributed by atoms with Crippen LogP contribution < -0.4 is 21.7 Å². The number of aromatic amines is 1. The van der Waals surface area contributed by atoms with Gasteiger partial charge in [-0.05, 0) is 24.0 Å². The zero-order valence-corrected chi connectivity index (χ0v) is 20.6. The summed E-state index contributed by atoms with van der Waals surface area (Å²) in [7, 11) is 0. The van der Waals surface area contributed by atoms with E-state index in [9.17, 15) is 29.1 Å². The largest absolute Gasteiger partial charge is 0.481 e. The van der Waals surface area contributed by atoms with E-state index in [2.05, 4.69) is 20.9 Å². The second-order valence-corrected chi connectivity index (χ2v) is 8.97. The average molecular weight is 520 g/mol. The van der Waals surface area contributed by atoms with Crippen LogP contribution in [0.25, 0.3) is 10.9 Å². The van der Waals surface area contributed by atoms with E-state index in [1.54, 1.807) is 20.0 Å². The molecule has 0 saturated carbocycles. The van der Waals surface area contributed by atoms with Crippen LogP contribution in [0, 0.1) is 5.92 Å². The van der Waals surface area contributed by atoms with Crippen molar-refractivity contribution in [2.75, 3.05) is 6.61 Å². The van der Waals surface area contributed by atoms with Gasteiger partial charge in [0, 0.05) is 29.9 Å². The number of carbonyl (C=O) groups excluding carboxylic acids is 3. The molecule has 2 rings (SSSR count). The van der Waals surface area contributed by atoms with E-state index in [1.165, 1.54) is 0 Å². The monoisotopic (exact) mass is 519 g/mol. The lowest BCUT2D eigenvalue weighted by Gasteiger charge is -2.25. The fourth-order valence-corrected chi connectivity index (χ4v) is 3.57. The van der Waals surface area contributed by atoms with Crippen LogP contribution in [0.5, 0.6) is 0 Å². The number of aromatic nitrogens is 1. The number of benzene rings is 1. The zero-order valence-electron chi connectivity index (χ0n) is 20.6. The van der Waals surface area contributed by atoms with Gasteiger partial charge in [0.25, 0.3) is 0 Å². The van der Waals surface area contributed by atoms with Crippen molar-refractivity contribution in [1.82, 2.24) is 20.9 Å². The number of aliphatic hydroxyl groups excluding tert-OH is 1. The van der Waals surface area contributed by atoms with Crippen molar-refractivity contribution in [3.63, 3.8) is 0 Å². The number of hydrogen-bond donors (Lipinski definition) is 8. The highest BCUT2D eigenvalue weighted by Crippen LogP contribution is 2.19. The Hall–Kier alpha value is -3.97. The minimum absolute atomic E-state index is 0.0219. The predicted molar refractivity (Wildman–Crippen MR) is 132 cm³/mol. The van der Waals surface area contributed by atoms with E-state index in [1.807, 2.05) is 24.3 Å². The summed E-state index contributed by atoms with van der Waals surface area (Å²) in [5.74, 6) is -5.35. The lowest BCUT2D eigenvalue weighted by molar-refractivity contribution is -0.144. The van der Waals surface area contributed by atoms with Crippen molar-refractivity contribution in [3.8, 4) is 0 Å². The van der Waals surface area contributed by atoms with Crippen molar-refractivity contribution < 1.29 is 39.3 Å². The van der Waals surface area contributed by atoms with Gasteiger partial charge in [-0.3, -0.25) is 19.2 Å². The molecular formula is C24H33N5O8. The number of amides is 3. The molecule has 0 radical (unpaired) electrons. The van der Waals surface area contributed by atoms with E-state index in [0.717, 1.165) is 10.9 Å². The molecule has 9 N–H and O–H groups in total. The number of carboxylic acids is 2. The van der Waals surface area contributed by atoms with Gasteiger partial charge >= 0.3 is 11.9 Å². The Kier molecular flexibility index (Phi) is 10.6. The number of rotatable bonds is 14. The fraction of sp³-hybridized carbons (Fsp3) is 0.458. The summed E-state index contributed by atoms with van der Waals surface area (Å²) in [6.45, 7) is 2.57. The number of para-hydroxylation sites is 1. The first kappa shape index (κ1) is 29.3. The maximum Gasteiger partial charge on any atom is 0.328 e. The molecule has 0 aliphatic carbocycles. The third-order valence-corrected chi connectivity index (χ3v) is 5.83. The standard InChI is InChI=1S/C24H33N5O8/c1-12(2)20(25)23(35)28-17(9-13-10-26-15-6-4-3-5-14(13)15)22(34)27-16(7-8-19(31)32)21(33)29-18(11-30)24(36)37/h3-6,10,12,16-18,20,26,30H,7-9,11,25H2,1-2H3,(H,27,34)(H,28,35)(H,29,33)(H,31,32)(H,36,37). The van der Waals surface area contributed by atoms with E-state index in [0.29, 0.717) is 5.56 Å². The predicted octanol–water partition coefficient (Wildman–Crippen LogP) is -0.910. The molecular weight excluding hydrogens is 486 g/mol. The van der Waals surface area contributed by atoms with Crippen LogP contribution in [-0.2, 0) is 30.4 Å². The minimum Gasteiger partial charge on any atom is -0.481 e. The van der Waals surface area contributed by atoms with Gasteiger partial charge in [-0.25, -0.2) is 4.79 Å². The summed E-state index contributed by atoms with van der Waals surface area (Å²) in [4.78, 5) is 64.1. The fourth-order valence-electron chi connectivity index (χ4n) is 3.57. The van der Waals surface area contributed by atoms with Crippen molar-refractivity contribution in [2.24, 2.45) is 11.7 Å². The summed E-state index contributed by atoms with van der Waals surface area (Å²) < 4.78 is 0. The van der Waals surface area contributed by atoms with Gasteiger partial charge in [-0.1, -0.05) is 32.0 Å².